The average Bonchev–Trinajstić information content (AvgIpc) is 2.97. The molecular formula is C39H74O. The molecule has 0 rings (SSSR count). The van der Waals surface area contributed by atoms with Gasteiger partial charge in [-0.15, -0.1) is 0 Å². The highest BCUT2D eigenvalue weighted by Crippen LogP contribution is 2.18. The maximum absolute atomic E-state index is 11.5. The Labute approximate surface area is 253 Å². The predicted octanol–water partition coefficient (Wildman–Crippen LogP) is 14.0. The van der Waals surface area contributed by atoms with Gasteiger partial charge in [0.1, 0.15) is 6.29 Å². The fourth-order valence-electron chi connectivity index (χ4n) is 5.77. The number of aldehydes is 1. The minimum absolute atomic E-state index is 0.319. The number of unbranched alkanes of at least 4 members (excludes halogenated alkanes) is 25. The highest BCUT2D eigenvalue weighted by atomic mass is 16.1. The number of carbonyl (C=O) groups is 1. The lowest BCUT2D eigenvalue weighted by atomic mass is 9.95. The predicted molar refractivity (Wildman–Crippen MR) is 182 cm³/mol. The third-order valence-corrected chi connectivity index (χ3v) is 8.62. The van der Waals surface area contributed by atoms with Crippen molar-refractivity contribution in [2.45, 2.75) is 213 Å². The average molecular weight is 559 g/mol. The van der Waals surface area contributed by atoms with Crippen LogP contribution in [0.5, 0.6) is 0 Å². The van der Waals surface area contributed by atoms with E-state index in [1.165, 1.54) is 192 Å². The van der Waals surface area contributed by atoms with E-state index in [1.54, 1.807) is 0 Å². The van der Waals surface area contributed by atoms with Crippen LogP contribution in [0.25, 0.3) is 0 Å². The minimum atomic E-state index is 0.319. The van der Waals surface area contributed by atoms with Crippen LogP contribution >= 0.6 is 0 Å². The first-order valence-electron chi connectivity index (χ1n) is 18.6. The van der Waals surface area contributed by atoms with E-state index in [0.29, 0.717) is 5.92 Å². The topological polar surface area (TPSA) is 17.1 Å². The Balaban J connectivity index is 3.34. The van der Waals surface area contributed by atoms with E-state index in [-0.39, 0.29) is 0 Å². The Bertz CT molecular complexity index is 519. The van der Waals surface area contributed by atoms with E-state index in [1.807, 2.05) is 0 Å². The van der Waals surface area contributed by atoms with Gasteiger partial charge >= 0.3 is 0 Å². The van der Waals surface area contributed by atoms with Crippen molar-refractivity contribution in [1.29, 1.82) is 0 Å². The summed E-state index contributed by atoms with van der Waals surface area (Å²) in [4.78, 5) is 11.5. The van der Waals surface area contributed by atoms with Gasteiger partial charge < -0.3 is 4.79 Å². The van der Waals surface area contributed by atoms with Crippen LogP contribution in [-0.4, -0.2) is 6.29 Å². The van der Waals surface area contributed by atoms with Gasteiger partial charge in [-0.1, -0.05) is 173 Å². The molecule has 1 nitrogen and oxygen atoms in total. The molecule has 236 valence electrons. The second-order valence-corrected chi connectivity index (χ2v) is 12.7. The number of carbonyl (C=O) groups excluding carboxylic acids is 1. The summed E-state index contributed by atoms with van der Waals surface area (Å²) in [5.41, 5.74) is 0. The van der Waals surface area contributed by atoms with Crippen molar-refractivity contribution >= 4 is 6.29 Å². The standard InChI is InChI=1S/C39H74O/c1-3-5-7-9-11-13-15-17-19-21-23-25-27-29-31-33-35-37-39(38-40)36-34-32-30-28-26-24-22-20-18-16-14-12-10-8-6-4-2/h17-20,38-39H,3-16,21-37H2,1-2H3. The molecule has 1 heteroatoms. The molecule has 0 N–H and O–H groups in total. The monoisotopic (exact) mass is 559 g/mol. The first-order chi connectivity index (χ1) is 19.8. The summed E-state index contributed by atoms with van der Waals surface area (Å²) >= 11 is 0. The molecule has 0 amide bonds. The van der Waals surface area contributed by atoms with Gasteiger partial charge in [0, 0.05) is 5.92 Å². The Kier molecular flexibility index (Phi) is 35.4. The van der Waals surface area contributed by atoms with Crippen molar-refractivity contribution in [3.8, 4) is 0 Å². The number of allylic oxidation sites excluding steroid dienone is 4. The Hall–Kier alpha value is -0.850. The maximum atomic E-state index is 11.5. The molecule has 0 radical (unpaired) electrons. The SMILES string of the molecule is CCCCCCCCC=CCCCCCCCCCC(C=O)CCCCCCCCC=CCCCCCCCC. The Morgan fingerprint density at radius 1 is 0.350 bits per heavy atom. The lowest BCUT2D eigenvalue weighted by Crippen LogP contribution is -2.02. The van der Waals surface area contributed by atoms with E-state index in [9.17, 15) is 4.79 Å². The lowest BCUT2D eigenvalue weighted by molar-refractivity contribution is -0.111. The van der Waals surface area contributed by atoms with Crippen LogP contribution in [0, 0.1) is 5.92 Å². The molecule has 0 aliphatic rings. The molecular weight excluding hydrogens is 484 g/mol. The molecule has 1 atom stereocenters. The van der Waals surface area contributed by atoms with Crippen LogP contribution in [0.4, 0.5) is 0 Å². The summed E-state index contributed by atoms with van der Waals surface area (Å²) < 4.78 is 0. The zero-order valence-corrected chi connectivity index (χ0v) is 27.8. The molecule has 40 heavy (non-hydrogen) atoms. The van der Waals surface area contributed by atoms with Gasteiger partial charge in [-0.05, 0) is 64.2 Å². The largest absolute Gasteiger partial charge is 0.303 e. The van der Waals surface area contributed by atoms with Gasteiger partial charge in [-0.2, -0.15) is 0 Å². The second kappa shape index (κ2) is 36.2. The Morgan fingerprint density at radius 2 is 0.600 bits per heavy atom. The van der Waals surface area contributed by atoms with Crippen molar-refractivity contribution in [3.05, 3.63) is 24.3 Å². The van der Waals surface area contributed by atoms with Crippen molar-refractivity contribution in [1.82, 2.24) is 0 Å². The molecule has 0 aliphatic heterocycles. The smallest absolute Gasteiger partial charge is 0.123 e. The molecule has 0 saturated heterocycles. The van der Waals surface area contributed by atoms with Gasteiger partial charge in [-0.25, -0.2) is 0 Å². The molecule has 1 unspecified atom stereocenters. The Morgan fingerprint density at radius 3 is 0.875 bits per heavy atom. The van der Waals surface area contributed by atoms with Crippen LogP contribution in [0.2, 0.25) is 0 Å². The molecule has 0 fully saturated rings. The van der Waals surface area contributed by atoms with Crippen LogP contribution in [0.1, 0.15) is 213 Å². The summed E-state index contributed by atoms with van der Waals surface area (Å²) in [6, 6.07) is 0. The van der Waals surface area contributed by atoms with Gasteiger partial charge in [-0.3, -0.25) is 0 Å². The zero-order valence-electron chi connectivity index (χ0n) is 27.8. The van der Waals surface area contributed by atoms with Crippen LogP contribution in [0.3, 0.4) is 0 Å². The molecule has 0 aliphatic carbocycles. The summed E-state index contributed by atoms with van der Waals surface area (Å²) in [6.07, 6.45) is 52.5. The fourth-order valence-corrected chi connectivity index (χ4v) is 5.77. The van der Waals surface area contributed by atoms with Gasteiger partial charge in [0.25, 0.3) is 0 Å². The number of hydrogen-bond acceptors (Lipinski definition) is 1. The highest BCUT2D eigenvalue weighted by molar-refractivity contribution is 5.53. The molecule has 0 aromatic carbocycles. The first-order valence-corrected chi connectivity index (χ1v) is 18.6. The number of hydrogen-bond donors (Lipinski definition) is 0. The fraction of sp³-hybridized carbons (Fsp3) is 0.872. The van der Waals surface area contributed by atoms with E-state index in [4.69, 9.17) is 0 Å². The van der Waals surface area contributed by atoms with Crippen molar-refractivity contribution < 1.29 is 4.79 Å². The van der Waals surface area contributed by atoms with Gasteiger partial charge in [0.2, 0.25) is 0 Å². The van der Waals surface area contributed by atoms with Crippen LogP contribution < -0.4 is 0 Å². The van der Waals surface area contributed by atoms with Gasteiger partial charge in [0.15, 0.2) is 0 Å². The van der Waals surface area contributed by atoms with Crippen molar-refractivity contribution in [2.24, 2.45) is 5.92 Å². The molecule has 0 aromatic rings. The summed E-state index contributed by atoms with van der Waals surface area (Å²) in [7, 11) is 0. The molecule has 0 bridgehead atoms. The highest BCUT2D eigenvalue weighted by Gasteiger charge is 2.06. The van der Waals surface area contributed by atoms with E-state index in [0.717, 1.165) is 12.8 Å². The zero-order chi connectivity index (χ0) is 29.0. The normalized spacial score (nSPS) is 12.7. The maximum Gasteiger partial charge on any atom is 0.123 e. The quantitative estimate of drug-likeness (QED) is 0.0436. The van der Waals surface area contributed by atoms with E-state index < -0.39 is 0 Å². The van der Waals surface area contributed by atoms with Gasteiger partial charge in [0.05, 0.1) is 0 Å². The first kappa shape index (κ1) is 39.1. The lowest BCUT2D eigenvalue weighted by Gasteiger charge is -2.10. The third kappa shape index (κ3) is 33.4. The van der Waals surface area contributed by atoms with Crippen LogP contribution in [0.15, 0.2) is 24.3 Å². The van der Waals surface area contributed by atoms with Crippen molar-refractivity contribution in [2.75, 3.05) is 0 Å². The molecule has 0 aromatic heterocycles. The van der Waals surface area contributed by atoms with Crippen molar-refractivity contribution in [3.63, 3.8) is 0 Å². The van der Waals surface area contributed by atoms with Crippen LogP contribution in [-0.2, 0) is 4.79 Å². The number of rotatable bonds is 34. The summed E-state index contributed by atoms with van der Waals surface area (Å²) in [6.45, 7) is 4.57. The summed E-state index contributed by atoms with van der Waals surface area (Å²) in [5.74, 6) is 0.319. The molecule has 0 heterocycles. The molecule has 0 spiro atoms. The van der Waals surface area contributed by atoms with E-state index in [2.05, 4.69) is 38.2 Å². The molecule has 0 saturated carbocycles. The summed E-state index contributed by atoms with van der Waals surface area (Å²) in [5, 5.41) is 0. The third-order valence-electron chi connectivity index (χ3n) is 8.62. The second-order valence-electron chi connectivity index (χ2n) is 12.7. The minimum Gasteiger partial charge on any atom is -0.303 e. The van der Waals surface area contributed by atoms with E-state index >= 15 is 0 Å².